The van der Waals surface area contributed by atoms with Gasteiger partial charge in [0.2, 0.25) is 10.0 Å². The molecule has 1 aromatic carbocycles. The Morgan fingerprint density at radius 3 is 2.65 bits per heavy atom. The number of amides is 1. The van der Waals surface area contributed by atoms with Crippen LogP contribution >= 0.6 is 0 Å². The van der Waals surface area contributed by atoms with E-state index in [4.69, 9.17) is 0 Å². The summed E-state index contributed by atoms with van der Waals surface area (Å²) in [5, 5.41) is 12.0. The summed E-state index contributed by atoms with van der Waals surface area (Å²) in [4.78, 5) is 16.2. The van der Waals surface area contributed by atoms with Crippen molar-refractivity contribution in [2.75, 3.05) is 13.1 Å². The zero-order valence-corrected chi connectivity index (χ0v) is 15.4. The van der Waals surface area contributed by atoms with Crippen LogP contribution in [0.1, 0.15) is 29.3 Å². The molecule has 0 aliphatic rings. The molecule has 3 N–H and O–H groups in total. The standard InChI is InChI=1S/C18H23N3O4S/c1-14(22)13-21-26(24,25)17-6-2-5-16(12-17)18(23)20-9-3-4-15-7-10-19-11-8-15/h2,5-8,10-12,14,21-22H,3-4,9,13H2,1H3,(H,20,23)/t14-/m0/s1. The van der Waals surface area contributed by atoms with Gasteiger partial charge in [-0.3, -0.25) is 9.78 Å². The van der Waals surface area contributed by atoms with Gasteiger partial charge in [0.1, 0.15) is 0 Å². The van der Waals surface area contributed by atoms with E-state index in [1.807, 2.05) is 12.1 Å². The zero-order valence-electron chi connectivity index (χ0n) is 14.6. The predicted molar refractivity (Wildman–Crippen MR) is 98.2 cm³/mol. The first-order valence-electron chi connectivity index (χ1n) is 8.33. The van der Waals surface area contributed by atoms with Crippen molar-refractivity contribution >= 4 is 15.9 Å². The van der Waals surface area contributed by atoms with Crippen LogP contribution in [0.3, 0.4) is 0 Å². The van der Waals surface area contributed by atoms with Gasteiger partial charge in [0, 0.05) is 31.0 Å². The van der Waals surface area contributed by atoms with Crippen molar-refractivity contribution in [3.8, 4) is 0 Å². The van der Waals surface area contributed by atoms with Gasteiger partial charge < -0.3 is 10.4 Å². The van der Waals surface area contributed by atoms with Crippen molar-refractivity contribution in [2.24, 2.45) is 0 Å². The third-order valence-electron chi connectivity index (χ3n) is 3.65. The lowest BCUT2D eigenvalue weighted by molar-refractivity contribution is 0.0953. The summed E-state index contributed by atoms with van der Waals surface area (Å²) in [6.45, 7) is 1.88. The first kappa shape index (κ1) is 20.0. The molecule has 0 bridgehead atoms. The van der Waals surface area contributed by atoms with E-state index in [0.717, 1.165) is 18.4 Å². The minimum Gasteiger partial charge on any atom is -0.392 e. The Bertz CT molecular complexity index is 823. The van der Waals surface area contributed by atoms with Gasteiger partial charge in [-0.2, -0.15) is 0 Å². The molecule has 1 atom stereocenters. The van der Waals surface area contributed by atoms with Crippen molar-refractivity contribution in [2.45, 2.75) is 30.8 Å². The summed E-state index contributed by atoms with van der Waals surface area (Å²) in [5.41, 5.74) is 1.42. The number of pyridine rings is 1. The lowest BCUT2D eigenvalue weighted by Crippen LogP contribution is -2.31. The van der Waals surface area contributed by atoms with E-state index >= 15 is 0 Å². The summed E-state index contributed by atoms with van der Waals surface area (Å²) >= 11 is 0. The number of carbonyl (C=O) groups is 1. The number of aromatic nitrogens is 1. The van der Waals surface area contributed by atoms with Crippen LogP contribution < -0.4 is 10.0 Å². The number of hydrogen-bond acceptors (Lipinski definition) is 5. The number of aliphatic hydroxyl groups is 1. The first-order chi connectivity index (χ1) is 12.4. The molecule has 26 heavy (non-hydrogen) atoms. The molecule has 0 unspecified atom stereocenters. The summed E-state index contributed by atoms with van der Waals surface area (Å²) in [5.74, 6) is -0.327. The number of aliphatic hydroxyl groups excluding tert-OH is 1. The van der Waals surface area contributed by atoms with Crippen LogP contribution in [0.5, 0.6) is 0 Å². The lowest BCUT2D eigenvalue weighted by Gasteiger charge is -2.10. The van der Waals surface area contributed by atoms with Gasteiger partial charge in [-0.1, -0.05) is 6.07 Å². The summed E-state index contributed by atoms with van der Waals surface area (Å²) in [6.07, 6.45) is 4.25. The van der Waals surface area contributed by atoms with Gasteiger partial charge in [0.15, 0.2) is 0 Å². The van der Waals surface area contributed by atoms with Crippen molar-refractivity contribution in [3.05, 3.63) is 59.9 Å². The van der Waals surface area contributed by atoms with E-state index in [9.17, 15) is 18.3 Å². The highest BCUT2D eigenvalue weighted by molar-refractivity contribution is 7.89. The van der Waals surface area contributed by atoms with Gasteiger partial charge >= 0.3 is 0 Å². The van der Waals surface area contributed by atoms with Gasteiger partial charge in [-0.15, -0.1) is 0 Å². The Morgan fingerprint density at radius 1 is 1.23 bits per heavy atom. The summed E-state index contributed by atoms with van der Waals surface area (Å²) < 4.78 is 26.6. The highest BCUT2D eigenvalue weighted by Gasteiger charge is 2.16. The highest BCUT2D eigenvalue weighted by Crippen LogP contribution is 2.11. The molecule has 2 rings (SSSR count). The molecule has 0 radical (unpaired) electrons. The quantitative estimate of drug-likeness (QED) is 0.567. The molecular weight excluding hydrogens is 354 g/mol. The maximum absolute atomic E-state index is 12.2. The second-order valence-corrected chi connectivity index (χ2v) is 7.71. The third-order valence-corrected chi connectivity index (χ3v) is 5.07. The monoisotopic (exact) mass is 377 g/mol. The molecule has 8 heteroatoms. The molecule has 0 aliphatic heterocycles. The fraction of sp³-hybridized carbons (Fsp3) is 0.333. The normalized spacial score (nSPS) is 12.5. The van der Waals surface area contributed by atoms with Gasteiger partial charge in [0.25, 0.3) is 5.91 Å². The second kappa shape index (κ2) is 9.42. The molecule has 0 spiro atoms. The van der Waals surface area contributed by atoms with E-state index < -0.39 is 16.1 Å². The van der Waals surface area contributed by atoms with Crippen molar-refractivity contribution < 1.29 is 18.3 Å². The number of hydrogen-bond donors (Lipinski definition) is 3. The van der Waals surface area contributed by atoms with Gasteiger partial charge in [-0.25, -0.2) is 13.1 Å². The zero-order chi connectivity index (χ0) is 19.0. The maximum Gasteiger partial charge on any atom is 0.251 e. The highest BCUT2D eigenvalue weighted by atomic mass is 32.2. The maximum atomic E-state index is 12.2. The van der Waals surface area contributed by atoms with Gasteiger partial charge in [-0.05, 0) is 55.7 Å². The van der Waals surface area contributed by atoms with Crippen molar-refractivity contribution in [3.63, 3.8) is 0 Å². The smallest absolute Gasteiger partial charge is 0.251 e. The van der Waals surface area contributed by atoms with Crippen LogP contribution in [-0.4, -0.2) is 43.6 Å². The average Bonchev–Trinajstić information content (AvgIpc) is 2.64. The summed E-state index contributed by atoms with van der Waals surface area (Å²) in [7, 11) is -3.77. The molecule has 1 aromatic heterocycles. The molecule has 1 amide bonds. The molecule has 0 saturated heterocycles. The van der Waals surface area contributed by atoms with Crippen molar-refractivity contribution in [1.29, 1.82) is 0 Å². The number of rotatable bonds is 9. The van der Waals surface area contributed by atoms with Crippen LogP contribution in [0.4, 0.5) is 0 Å². The van der Waals surface area contributed by atoms with Crippen molar-refractivity contribution in [1.82, 2.24) is 15.0 Å². The van der Waals surface area contributed by atoms with Crippen LogP contribution in [-0.2, 0) is 16.4 Å². The molecule has 1 heterocycles. The fourth-order valence-electron chi connectivity index (χ4n) is 2.26. The molecule has 0 aliphatic carbocycles. The van der Waals surface area contributed by atoms with Crippen LogP contribution in [0.15, 0.2) is 53.7 Å². The average molecular weight is 377 g/mol. The Labute approximate surface area is 153 Å². The molecular formula is C18H23N3O4S. The Balaban J connectivity index is 1.91. The number of benzene rings is 1. The minimum absolute atomic E-state index is 0.0115. The van der Waals surface area contributed by atoms with Crippen LogP contribution in [0, 0.1) is 0 Å². The minimum atomic E-state index is -3.77. The number of carbonyl (C=O) groups excluding carboxylic acids is 1. The van der Waals surface area contributed by atoms with Crippen LogP contribution in [0.25, 0.3) is 0 Å². The van der Waals surface area contributed by atoms with E-state index in [0.29, 0.717) is 6.54 Å². The molecule has 0 saturated carbocycles. The number of nitrogens with one attached hydrogen (secondary N) is 2. The second-order valence-electron chi connectivity index (χ2n) is 5.94. The number of aryl methyl sites for hydroxylation is 1. The van der Waals surface area contributed by atoms with E-state index in [-0.39, 0.29) is 22.9 Å². The molecule has 7 nitrogen and oxygen atoms in total. The molecule has 140 valence electrons. The third kappa shape index (κ3) is 6.21. The first-order valence-corrected chi connectivity index (χ1v) is 9.82. The number of sulfonamides is 1. The van der Waals surface area contributed by atoms with Gasteiger partial charge in [0.05, 0.1) is 11.0 Å². The van der Waals surface area contributed by atoms with E-state index in [1.54, 1.807) is 18.5 Å². The predicted octanol–water partition coefficient (Wildman–Crippen LogP) is 1.10. The largest absolute Gasteiger partial charge is 0.392 e. The molecule has 2 aromatic rings. The Kier molecular flexibility index (Phi) is 7.26. The summed E-state index contributed by atoms with van der Waals surface area (Å²) in [6, 6.07) is 9.66. The SMILES string of the molecule is C[C@H](O)CNS(=O)(=O)c1cccc(C(=O)NCCCc2ccncc2)c1. The lowest BCUT2D eigenvalue weighted by atomic mass is 10.1. The number of nitrogens with zero attached hydrogens (tertiary/aromatic N) is 1. The fourth-order valence-corrected chi connectivity index (χ4v) is 3.43. The molecule has 0 fully saturated rings. The topological polar surface area (TPSA) is 108 Å². The Hall–Kier alpha value is -2.29. The van der Waals surface area contributed by atoms with E-state index in [1.165, 1.54) is 25.1 Å². The van der Waals surface area contributed by atoms with E-state index in [2.05, 4.69) is 15.0 Å². The Morgan fingerprint density at radius 2 is 1.96 bits per heavy atom. The van der Waals surface area contributed by atoms with Crippen LogP contribution in [0.2, 0.25) is 0 Å².